The minimum atomic E-state index is -0.415. The van der Waals surface area contributed by atoms with Crippen LogP contribution in [0.3, 0.4) is 0 Å². The minimum absolute atomic E-state index is 0.188. The number of phenols is 1. The van der Waals surface area contributed by atoms with E-state index in [9.17, 15) is 5.11 Å². The molecule has 0 saturated carbocycles. The standard InChI is InChI=1S/C23H17BrCl2N2O3/c24-13-2-5-20(29)16(8-13)19-10-18(12-1-6-21-22(7-12)31-11-30-21)27-23(28-19)15-4-3-14(25)9-17(15)26/h1-9,19,23,28-29H,10-11H2. The van der Waals surface area contributed by atoms with Crippen molar-refractivity contribution in [2.24, 2.45) is 4.99 Å². The quantitative estimate of drug-likeness (QED) is 0.419. The zero-order valence-electron chi connectivity index (χ0n) is 16.1. The maximum absolute atomic E-state index is 10.5. The van der Waals surface area contributed by atoms with Gasteiger partial charge in [-0.1, -0.05) is 45.2 Å². The highest BCUT2D eigenvalue weighted by molar-refractivity contribution is 9.10. The van der Waals surface area contributed by atoms with Gasteiger partial charge in [0, 0.05) is 43.8 Å². The maximum atomic E-state index is 10.5. The van der Waals surface area contributed by atoms with Gasteiger partial charge in [0.1, 0.15) is 11.9 Å². The Hall–Kier alpha value is -2.25. The zero-order valence-corrected chi connectivity index (χ0v) is 19.2. The molecule has 0 saturated heterocycles. The van der Waals surface area contributed by atoms with E-state index >= 15 is 0 Å². The highest BCUT2D eigenvalue weighted by atomic mass is 79.9. The molecule has 3 aromatic carbocycles. The fourth-order valence-corrected chi connectivity index (χ4v) is 4.73. The summed E-state index contributed by atoms with van der Waals surface area (Å²) in [7, 11) is 0. The first-order chi connectivity index (χ1) is 15.0. The van der Waals surface area contributed by atoms with Crippen LogP contribution in [-0.4, -0.2) is 17.6 Å². The van der Waals surface area contributed by atoms with Gasteiger partial charge < -0.3 is 14.6 Å². The van der Waals surface area contributed by atoms with Crippen LogP contribution in [0.15, 0.2) is 64.1 Å². The number of rotatable bonds is 3. The van der Waals surface area contributed by atoms with Crippen molar-refractivity contribution < 1.29 is 14.6 Å². The van der Waals surface area contributed by atoms with Crippen molar-refractivity contribution in [1.29, 1.82) is 0 Å². The minimum Gasteiger partial charge on any atom is -0.508 e. The number of halogens is 3. The molecule has 0 radical (unpaired) electrons. The summed E-state index contributed by atoms with van der Waals surface area (Å²) >= 11 is 16.1. The molecule has 5 nitrogen and oxygen atoms in total. The summed E-state index contributed by atoms with van der Waals surface area (Å²) in [5.41, 5.74) is 3.39. The van der Waals surface area contributed by atoms with Crippen LogP contribution in [0, 0.1) is 0 Å². The molecule has 0 aromatic heterocycles. The molecule has 0 spiro atoms. The summed E-state index contributed by atoms with van der Waals surface area (Å²) in [6.45, 7) is 0.213. The number of nitrogens with zero attached hydrogens (tertiary/aromatic N) is 1. The molecule has 5 rings (SSSR count). The largest absolute Gasteiger partial charge is 0.508 e. The number of phenolic OH excluding ortho intramolecular Hbond substituents is 1. The fraction of sp³-hybridized carbons (Fsp3) is 0.174. The molecule has 0 aliphatic carbocycles. The molecule has 2 unspecified atom stereocenters. The van der Waals surface area contributed by atoms with Crippen LogP contribution in [-0.2, 0) is 0 Å². The molecular weight excluding hydrogens is 503 g/mol. The first-order valence-corrected chi connectivity index (χ1v) is 11.2. The normalized spacial score (nSPS) is 19.9. The van der Waals surface area contributed by atoms with Gasteiger partial charge in [0.15, 0.2) is 11.5 Å². The van der Waals surface area contributed by atoms with Crippen LogP contribution in [0.2, 0.25) is 10.0 Å². The van der Waals surface area contributed by atoms with Crippen molar-refractivity contribution in [3.63, 3.8) is 0 Å². The number of aromatic hydroxyl groups is 1. The highest BCUT2D eigenvalue weighted by Gasteiger charge is 2.29. The van der Waals surface area contributed by atoms with Gasteiger partial charge in [0.2, 0.25) is 6.79 Å². The molecular formula is C23H17BrCl2N2O3. The van der Waals surface area contributed by atoms with E-state index < -0.39 is 6.17 Å². The van der Waals surface area contributed by atoms with E-state index in [1.54, 1.807) is 18.2 Å². The van der Waals surface area contributed by atoms with Crippen LogP contribution >= 0.6 is 39.1 Å². The van der Waals surface area contributed by atoms with Gasteiger partial charge >= 0.3 is 0 Å². The molecule has 3 aromatic rings. The fourth-order valence-electron chi connectivity index (χ4n) is 3.84. The molecule has 2 atom stereocenters. The summed E-state index contributed by atoms with van der Waals surface area (Å²) in [5.74, 6) is 1.63. The smallest absolute Gasteiger partial charge is 0.231 e. The zero-order chi connectivity index (χ0) is 21.5. The van der Waals surface area contributed by atoms with Gasteiger partial charge in [0.25, 0.3) is 0 Å². The molecule has 2 aliphatic heterocycles. The van der Waals surface area contributed by atoms with Crippen molar-refractivity contribution in [3.05, 3.63) is 85.8 Å². The first kappa shape index (κ1) is 20.6. The number of hydrogen-bond acceptors (Lipinski definition) is 5. The number of fused-ring (bicyclic) bond motifs is 1. The second-order valence-electron chi connectivity index (χ2n) is 7.34. The summed E-state index contributed by atoms with van der Waals surface area (Å²) in [5, 5.41) is 15.1. The van der Waals surface area contributed by atoms with E-state index in [4.69, 9.17) is 37.7 Å². The predicted octanol–water partition coefficient (Wildman–Crippen LogP) is 6.41. The van der Waals surface area contributed by atoms with Gasteiger partial charge in [-0.2, -0.15) is 0 Å². The third kappa shape index (κ3) is 4.13. The summed E-state index contributed by atoms with van der Waals surface area (Å²) < 4.78 is 11.9. The van der Waals surface area contributed by atoms with E-state index in [-0.39, 0.29) is 18.6 Å². The van der Waals surface area contributed by atoms with E-state index in [0.29, 0.717) is 22.2 Å². The van der Waals surface area contributed by atoms with Crippen LogP contribution in [0.25, 0.3) is 0 Å². The molecule has 158 valence electrons. The molecule has 0 amide bonds. The predicted molar refractivity (Wildman–Crippen MR) is 125 cm³/mol. The maximum Gasteiger partial charge on any atom is 0.231 e. The summed E-state index contributed by atoms with van der Waals surface area (Å²) in [6, 6.07) is 16.4. The molecule has 2 heterocycles. The van der Waals surface area contributed by atoms with Crippen molar-refractivity contribution in [1.82, 2.24) is 5.32 Å². The van der Waals surface area contributed by atoms with E-state index in [1.165, 1.54) is 0 Å². The molecule has 31 heavy (non-hydrogen) atoms. The van der Waals surface area contributed by atoms with Crippen molar-refractivity contribution in [2.75, 3.05) is 6.79 Å². The van der Waals surface area contributed by atoms with Gasteiger partial charge in [-0.3, -0.25) is 10.3 Å². The van der Waals surface area contributed by atoms with Crippen molar-refractivity contribution in [3.8, 4) is 17.2 Å². The number of ether oxygens (including phenoxy) is 2. The lowest BCUT2D eigenvalue weighted by atomic mass is 9.93. The van der Waals surface area contributed by atoms with Crippen LogP contribution in [0.4, 0.5) is 0 Å². The third-order valence-corrected chi connectivity index (χ3v) is 6.43. The molecule has 2 aliphatic rings. The Morgan fingerprint density at radius 1 is 0.968 bits per heavy atom. The molecule has 0 fully saturated rings. The van der Waals surface area contributed by atoms with Crippen LogP contribution in [0.1, 0.15) is 35.3 Å². The van der Waals surface area contributed by atoms with Gasteiger partial charge in [-0.15, -0.1) is 0 Å². The molecule has 8 heteroatoms. The molecule has 2 N–H and O–H groups in total. The number of hydrogen-bond donors (Lipinski definition) is 2. The summed E-state index contributed by atoms with van der Waals surface area (Å²) in [4.78, 5) is 4.95. The third-order valence-electron chi connectivity index (χ3n) is 5.37. The second kappa shape index (κ2) is 8.36. The Morgan fingerprint density at radius 2 is 1.81 bits per heavy atom. The highest BCUT2D eigenvalue weighted by Crippen LogP contribution is 2.39. The lowest BCUT2D eigenvalue weighted by molar-refractivity contribution is 0.174. The van der Waals surface area contributed by atoms with Gasteiger partial charge in [-0.05, 0) is 54.1 Å². The number of benzene rings is 3. The number of aliphatic imine (C=N–C) groups is 1. The Kier molecular flexibility index (Phi) is 5.56. The Bertz CT molecular complexity index is 1200. The monoisotopic (exact) mass is 518 g/mol. The lowest BCUT2D eigenvalue weighted by Crippen LogP contribution is -2.33. The van der Waals surface area contributed by atoms with E-state index in [1.807, 2.05) is 36.4 Å². The van der Waals surface area contributed by atoms with E-state index in [2.05, 4.69) is 21.2 Å². The van der Waals surface area contributed by atoms with Gasteiger partial charge in [0.05, 0.1) is 0 Å². The lowest BCUT2D eigenvalue weighted by Gasteiger charge is -2.31. The van der Waals surface area contributed by atoms with Crippen molar-refractivity contribution >= 4 is 44.8 Å². The Morgan fingerprint density at radius 3 is 2.65 bits per heavy atom. The topological polar surface area (TPSA) is 63.1 Å². The average molecular weight is 520 g/mol. The van der Waals surface area contributed by atoms with Gasteiger partial charge in [-0.25, -0.2) is 0 Å². The average Bonchev–Trinajstić information content (AvgIpc) is 3.23. The van der Waals surface area contributed by atoms with Crippen LogP contribution in [0.5, 0.6) is 17.2 Å². The Labute approximate surface area is 197 Å². The SMILES string of the molecule is Oc1ccc(Br)cc1C1CC(c2ccc3c(c2)OCO3)=NC(c2ccc(Cl)cc2Cl)N1. The summed E-state index contributed by atoms with van der Waals surface area (Å²) in [6.07, 6.45) is 0.160. The van der Waals surface area contributed by atoms with Crippen LogP contribution < -0.4 is 14.8 Å². The first-order valence-electron chi connectivity index (χ1n) is 9.64. The van der Waals surface area contributed by atoms with Crippen molar-refractivity contribution in [2.45, 2.75) is 18.6 Å². The van der Waals surface area contributed by atoms with E-state index in [0.717, 1.165) is 32.6 Å². The molecule has 0 bridgehead atoms. The second-order valence-corrected chi connectivity index (χ2v) is 9.10. The Balaban J connectivity index is 1.59. The number of nitrogens with one attached hydrogen (secondary N) is 1.